The molecule has 0 saturated carbocycles. The van der Waals surface area contributed by atoms with Crippen LogP contribution in [0.15, 0.2) is 28.7 Å². The van der Waals surface area contributed by atoms with Crippen molar-refractivity contribution in [1.29, 1.82) is 0 Å². The van der Waals surface area contributed by atoms with E-state index in [0.717, 1.165) is 25.8 Å². The van der Waals surface area contributed by atoms with Crippen molar-refractivity contribution in [1.82, 2.24) is 0 Å². The van der Waals surface area contributed by atoms with Gasteiger partial charge in [-0.2, -0.15) is 0 Å². The van der Waals surface area contributed by atoms with Gasteiger partial charge in [0.05, 0.1) is 0 Å². The summed E-state index contributed by atoms with van der Waals surface area (Å²) in [5.74, 6) is 0. The SMILES string of the molecule is NCC/C=C1/CCc2c(Br)cccc21. The van der Waals surface area contributed by atoms with E-state index in [0.29, 0.717) is 0 Å². The van der Waals surface area contributed by atoms with Crippen LogP contribution in [0.25, 0.3) is 5.57 Å². The lowest BCUT2D eigenvalue weighted by atomic mass is 10.1. The maximum absolute atomic E-state index is 5.50. The normalized spacial score (nSPS) is 17.4. The molecule has 0 radical (unpaired) electrons. The quantitative estimate of drug-likeness (QED) is 0.859. The van der Waals surface area contributed by atoms with Crippen LogP contribution < -0.4 is 5.73 Å². The van der Waals surface area contributed by atoms with Crippen LogP contribution >= 0.6 is 15.9 Å². The number of hydrogen-bond donors (Lipinski definition) is 1. The molecule has 0 heterocycles. The maximum Gasteiger partial charge on any atom is 0.0213 e. The minimum atomic E-state index is 0.743. The average molecular weight is 252 g/mol. The number of allylic oxidation sites excluding steroid dienone is 1. The van der Waals surface area contributed by atoms with Crippen LogP contribution in [0.5, 0.6) is 0 Å². The molecule has 0 aromatic heterocycles. The summed E-state index contributed by atoms with van der Waals surface area (Å²) in [6, 6.07) is 6.42. The smallest absolute Gasteiger partial charge is 0.0213 e. The zero-order valence-corrected chi connectivity index (χ0v) is 9.68. The molecule has 2 heteroatoms. The van der Waals surface area contributed by atoms with Gasteiger partial charge in [0, 0.05) is 4.47 Å². The zero-order valence-electron chi connectivity index (χ0n) is 8.09. The van der Waals surface area contributed by atoms with Gasteiger partial charge in [0.25, 0.3) is 0 Å². The van der Waals surface area contributed by atoms with Gasteiger partial charge >= 0.3 is 0 Å². The molecule has 0 fully saturated rings. The molecule has 14 heavy (non-hydrogen) atoms. The van der Waals surface area contributed by atoms with E-state index in [9.17, 15) is 0 Å². The highest BCUT2D eigenvalue weighted by Gasteiger charge is 2.17. The monoisotopic (exact) mass is 251 g/mol. The molecule has 1 aromatic carbocycles. The molecule has 0 spiro atoms. The van der Waals surface area contributed by atoms with Gasteiger partial charge in [-0.15, -0.1) is 0 Å². The van der Waals surface area contributed by atoms with E-state index >= 15 is 0 Å². The number of fused-ring (bicyclic) bond motifs is 1. The fraction of sp³-hybridized carbons (Fsp3) is 0.333. The van der Waals surface area contributed by atoms with Gasteiger partial charge in [-0.25, -0.2) is 0 Å². The molecule has 1 aliphatic carbocycles. The van der Waals surface area contributed by atoms with E-state index in [1.54, 1.807) is 0 Å². The first-order valence-electron chi connectivity index (χ1n) is 5.00. The van der Waals surface area contributed by atoms with Crippen molar-refractivity contribution in [3.8, 4) is 0 Å². The van der Waals surface area contributed by atoms with Crippen LogP contribution in [0.3, 0.4) is 0 Å². The summed E-state index contributed by atoms with van der Waals surface area (Å²) in [6.07, 6.45) is 5.59. The Kier molecular flexibility index (Phi) is 3.04. The summed E-state index contributed by atoms with van der Waals surface area (Å²) in [7, 11) is 0. The summed E-state index contributed by atoms with van der Waals surface area (Å²) in [6.45, 7) is 0.743. The highest BCUT2D eigenvalue weighted by Crippen LogP contribution is 2.36. The zero-order chi connectivity index (χ0) is 9.97. The van der Waals surface area contributed by atoms with Gasteiger partial charge in [0.15, 0.2) is 0 Å². The summed E-state index contributed by atoms with van der Waals surface area (Å²) in [5.41, 5.74) is 9.83. The van der Waals surface area contributed by atoms with E-state index in [4.69, 9.17) is 5.73 Å². The summed E-state index contributed by atoms with van der Waals surface area (Å²) >= 11 is 3.59. The van der Waals surface area contributed by atoms with Gasteiger partial charge in [-0.05, 0) is 48.6 Å². The molecule has 2 rings (SSSR count). The van der Waals surface area contributed by atoms with Crippen molar-refractivity contribution in [2.24, 2.45) is 5.73 Å². The second kappa shape index (κ2) is 4.28. The molecule has 0 saturated heterocycles. The number of hydrogen-bond acceptors (Lipinski definition) is 1. The summed E-state index contributed by atoms with van der Waals surface area (Å²) < 4.78 is 1.24. The average Bonchev–Trinajstić information content (AvgIpc) is 2.60. The van der Waals surface area contributed by atoms with E-state index in [1.807, 2.05) is 0 Å². The highest BCUT2D eigenvalue weighted by atomic mass is 79.9. The Morgan fingerprint density at radius 3 is 3.00 bits per heavy atom. The molecule has 74 valence electrons. The summed E-state index contributed by atoms with van der Waals surface area (Å²) in [5, 5.41) is 0. The van der Waals surface area contributed by atoms with Crippen LogP contribution in [-0.4, -0.2) is 6.54 Å². The molecule has 0 aliphatic heterocycles. The molecule has 0 amide bonds. The predicted molar refractivity (Wildman–Crippen MR) is 64.1 cm³/mol. The molecular formula is C12H14BrN. The summed E-state index contributed by atoms with van der Waals surface area (Å²) in [4.78, 5) is 0. The van der Waals surface area contributed by atoms with E-state index in [1.165, 1.54) is 21.2 Å². The second-order valence-corrected chi connectivity index (χ2v) is 4.43. The lowest BCUT2D eigenvalue weighted by molar-refractivity contribution is 0.999. The Bertz CT molecular complexity index is 369. The second-order valence-electron chi connectivity index (χ2n) is 3.57. The molecule has 2 N–H and O–H groups in total. The van der Waals surface area contributed by atoms with Crippen molar-refractivity contribution in [2.45, 2.75) is 19.3 Å². The predicted octanol–water partition coefficient (Wildman–Crippen LogP) is 3.13. The van der Waals surface area contributed by atoms with E-state index in [2.05, 4.69) is 40.2 Å². The third-order valence-electron chi connectivity index (χ3n) is 2.67. The van der Waals surface area contributed by atoms with Gasteiger partial charge in [0.1, 0.15) is 0 Å². The van der Waals surface area contributed by atoms with Gasteiger partial charge < -0.3 is 5.73 Å². The van der Waals surface area contributed by atoms with Gasteiger partial charge in [-0.1, -0.05) is 34.1 Å². The third-order valence-corrected chi connectivity index (χ3v) is 3.41. The largest absolute Gasteiger partial charge is 0.330 e. The van der Waals surface area contributed by atoms with Crippen molar-refractivity contribution in [3.05, 3.63) is 39.9 Å². The Labute approximate surface area is 93.1 Å². The standard InChI is InChI=1S/C12H14BrN/c13-12-5-1-4-10-9(3-2-8-14)6-7-11(10)12/h1,3-5H,2,6-8,14H2/b9-3-. The fourth-order valence-electron chi connectivity index (χ4n) is 1.98. The Hall–Kier alpha value is -0.600. The van der Waals surface area contributed by atoms with E-state index in [-0.39, 0.29) is 0 Å². The van der Waals surface area contributed by atoms with Gasteiger partial charge in [-0.3, -0.25) is 0 Å². The fourth-order valence-corrected chi connectivity index (χ4v) is 2.54. The molecule has 1 aromatic rings. The minimum absolute atomic E-state index is 0.743. The number of rotatable bonds is 2. The van der Waals surface area contributed by atoms with Crippen LogP contribution in [0.4, 0.5) is 0 Å². The minimum Gasteiger partial charge on any atom is -0.330 e. The lowest BCUT2D eigenvalue weighted by Crippen LogP contribution is -1.95. The Morgan fingerprint density at radius 2 is 2.21 bits per heavy atom. The molecule has 0 atom stereocenters. The molecule has 0 unspecified atom stereocenters. The molecular weight excluding hydrogens is 238 g/mol. The van der Waals surface area contributed by atoms with Crippen molar-refractivity contribution >= 4 is 21.5 Å². The van der Waals surface area contributed by atoms with Crippen LogP contribution in [0.1, 0.15) is 24.0 Å². The third kappa shape index (κ3) is 1.77. The van der Waals surface area contributed by atoms with Crippen molar-refractivity contribution in [3.63, 3.8) is 0 Å². The number of nitrogens with two attached hydrogens (primary N) is 1. The molecule has 0 bridgehead atoms. The van der Waals surface area contributed by atoms with Gasteiger partial charge in [0.2, 0.25) is 0 Å². The van der Waals surface area contributed by atoms with Crippen molar-refractivity contribution in [2.75, 3.05) is 6.54 Å². The Balaban J connectivity index is 2.35. The first-order chi connectivity index (χ1) is 6.83. The van der Waals surface area contributed by atoms with Crippen LogP contribution in [0.2, 0.25) is 0 Å². The maximum atomic E-state index is 5.50. The lowest BCUT2D eigenvalue weighted by Gasteiger charge is -2.02. The number of benzene rings is 1. The molecule has 1 aliphatic rings. The number of halogens is 1. The van der Waals surface area contributed by atoms with Crippen molar-refractivity contribution < 1.29 is 0 Å². The van der Waals surface area contributed by atoms with Crippen LogP contribution in [0, 0.1) is 0 Å². The first-order valence-corrected chi connectivity index (χ1v) is 5.79. The highest BCUT2D eigenvalue weighted by molar-refractivity contribution is 9.10. The Morgan fingerprint density at radius 1 is 1.36 bits per heavy atom. The first kappa shape index (κ1) is 9.94. The topological polar surface area (TPSA) is 26.0 Å². The van der Waals surface area contributed by atoms with E-state index < -0.39 is 0 Å². The molecule has 1 nitrogen and oxygen atoms in total. The van der Waals surface area contributed by atoms with Crippen LogP contribution in [-0.2, 0) is 6.42 Å².